The van der Waals surface area contributed by atoms with E-state index in [1.807, 2.05) is 18.3 Å². The third-order valence-corrected chi connectivity index (χ3v) is 10.8. The van der Waals surface area contributed by atoms with Crippen molar-refractivity contribution in [3.05, 3.63) is 204 Å². The van der Waals surface area contributed by atoms with Gasteiger partial charge < -0.3 is 9.47 Å². The minimum atomic E-state index is -0.684. The second-order valence-corrected chi connectivity index (χ2v) is 13.5. The Bertz CT molecular complexity index is 2810. The zero-order valence-corrected chi connectivity index (χ0v) is 28.0. The fraction of sp³-hybridized carbons (Fsp3) is 0.0208. The molecule has 1 unspecified atom stereocenters. The number of para-hydroxylation sites is 3. The maximum atomic E-state index is 6.87. The van der Waals surface area contributed by atoms with E-state index in [2.05, 4.69) is 168 Å². The van der Waals surface area contributed by atoms with E-state index in [4.69, 9.17) is 14.5 Å². The molecule has 0 radical (unpaired) electrons. The first kappa shape index (κ1) is 28.9. The van der Waals surface area contributed by atoms with Crippen LogP contribution in [0, 0.1) is 0 Å². The standard InChI is InChI=1S/C48H30N2O2/c1-2-12-31(13-3-1)32-14-10-15-33(28-32)34-23-25-40-45(29-34)51-43-21-8-5-18-38(43)48(40)39-19-6-9-22-44(39)52-46-30-35(24-26-41(46)48)50-42-20-7-4-16-36(42)37-17-11-27-49-47(37)50/h1-30H. The van der Waals surface area contributed by atoms with Crippen LogP contribution in [0.25, 0.3) is 49.9 Å². The van der Waals surface area contributed by atoms with E-state index in [1.54, 1.807) is 0 Å². The molecule has 0 bridgehead atoms. The summed E-state index contributed by atoms with van der Waals surface area (Å²) in [6.07, 6.45) is 1.86. The summed E-state index contributed by atoms with van der Waals surface area (Å²) in [4.78, 5) is 4.85. The van der Waals surface area contributed by atoms with Crippen molar-refractivity contribution in [3.8, 4) is 50.9 Å². The Kier molecular flexibility index (Phi) is 6.13. The lowest BCUT2D eigenvalue weighted by molar-refractivity contribution is 0.399. The van der Waals surface area contributed by atoms with E-state index in [1.165, 1.54) is 16.5 Å². The number of nitrogens with zero attached hydrogens (tertiary/aromatic N) is 2. The number of aromatic nitrogens is 2. The van der Waals surface area contributed by atoms with E-state index in [0.717, 1.165) is 78.6 Å². The fourth-order valence-corrected chi connectivity index (χ4v) is 8.54. The fourth-order valence-electron chi connectivity index (χ4n) is 8.54. The molecular weight excluding hydrogens is 637 g/mol. The number of hydrogen-bond acceptors (Lipinski definition) is 3. The van der Waals surface area contributed by atoms with Crippen LogP contribution in [-0.2, 0) is 5.41 Å². The van der Waals surface area contributed by atoms with Crippen LogP contribution in [0.3, 0.4) is 0 Å². The quantitative estimate of drug-likeness (QED) is 0.188. The summed E-state index contributed by atoms with van der Waals surface area (Å²) >= 11 is 0. The van der Waals surface area contributed by atoms with Crippen LogP contribution in [-0.4, -0.2) is 9.55 Å². The molecule has 4 nitrogen and oxygen atoms in total. The van der Waals surface area contributed by atoms with Crippen molar-refractivity contribution in [2.75, 3.05) is 0 Å². The minimum Gasteiger partial charge on any atom is -0.457 e. The lowest BCUT2D eigenvalue weighted by Gasteiger charge is -2.45. The van der Waals surface area contributed by atoms with Gasteiger partial charge in [0.15, 0.2) is 0 Å². The monoisotopic (exact) mass is 666 g/mol. The van der Waals surface area contributed by atoms with Crippen molar-refractivity contribution in [2.45, 2.75) is 5.41 Å². The van der Waals surface area contributed by atoms with Crippen LogP contribution in [0.1, 0.15) is 22.3 Å². The van der Waals surface area contributed by atoms with Gasteiger partial charge in [-0.3, -0.25) is 4.57 Å². The summed E-state index contributed by atoms with van der Waals surface area (Å²) in [5.41, 5.74) is 11.3. The summed E-state index contributed by atoms with van der Waals surface area (Å²) in [7, 11) is 0. The van der Waals surface area contributed by atoms with Crippen LogP contribution in [0.15, 0.2) is 182 Å². The van der Waals surface area contributed by atoms with Crippen molar-refractivity contribution in [2.24, 2.45) is 0 Å². The summed E-state index contributed by atoms with van der Waals surface area (Å²) < 4.78 is 15.9. The third kappa shape index (κ3) is 4.06. The first-order valence-electron chi connectivity index (χ1n) is 17.6. The molecule has 0 fully saturated rings. The highest BCUT2D eigenvalue weighted by atomic mass is 16.5. The van der Waals surface area contributed by atoms with E-state index in [-0.39, 0.29) is 0 Å². The van der Waals surface area contributed by atoms with E-state index in [0.29, 0.717) is 0 Å². The molecule has 2 aliphatic heterocycles. The van der Waals surface area contributed by atoms with Crippen LogP contribution < -0.4 is 9.47 Å². The van der Waals surface area contributed by atoms with E-state index < -0.39 is 5.41 Å². The maximum Gasteiger partial charge on any atom is 0.145 e. The maximum absolute atomic E-state index is 6.87. The molecule has 244 valence electrons. The molecule has 4 heteroatoms. The summed E-state index contributed by atoms with van der Waals surface area (Å²) in [5, 5.41) is 2.29. The Morgan fingerprint density at radius 1 is 0.404 bits per heavy atom. The number of fused-ring (bicyclic) bond motifs is 11. The van der Waals surface area contributed by atoms with Gasteiger partial charge in [-0.1, -0.05) is 121 Å². The molecule has 0 aliphatic carbocycles. The van der Waals surface area contributed by atoms with Gasteiger partial charge >= 0.3 is 0 Å². The molecule has 52 heavy (non-hydrogen) atoms. The van der Waals surface area contributed by atoms with Crippen molar-refractivity contribution in [1.29, 1.82) is 0 Å². The SMILES string of the molecule is c1ccc(-c2cccc(-c3ccc4c(c3)Oc3ccccc3C43c4ccccc4Oc4cc(-n5c6ccccc6c6cccnc65)ccc43)c2)cc1. The van der Waals surface area contributed by atoms with Crippen molar-refractivity contribution in [3.63, 3.8) is 0 Å². The van der Waals surface area contributed by atoms with Crippen molar-refractivity contribution in [1.82, 2.24) is 9.55 Å². The molecule has 4 heterocycles. The first-order chi connectivity index (χ1) is 25.8. The zero-order valence-electron chi connectivity index (χ0n) is 28.0. The van der Waals surface area contributed by atoms with Gasteiger partial charge in [0.2, 0.25) is 0 Å². The second-order valence-electron chi connectivity index (χ2n) is 13.5. The van der Waals surface area contributed by atoms with Gasteiger partial charge in [-0.25, -0.2) is 4.98 Å². The molecule has 0 saturated carbocycles. The number of benzene rings is 7. The van der Waals surface area contributed by atoms with Gasteiger partial charge in [0, 0.05) is 45.3 Å². The Morgan fingerprint density at radius 3 is 1.77 bits per heavy atom. The van der Waals surface area contributed by atoms with Gasteiger partial charge in [0.1, 0.15) is 28.6 Å². The highest BCUT2D eigenvalue weighted by Gasteiger charge is 2.50. The molecule has 0 amide bonds. The predicted octanol–water partition coefficient (Wildman–Crippen LogP) is 12.1. The Hall–Kier alpha value is -6.91. The van der Waals surface area contributed by atoms with E-state index in [9.17, 15) is 0 Å². The molecule has 2 aliphatic rings. The largest absolute Gasteiger partial charge is 0.457 e. The predicted molar refractivity (Wildman–Crippen MR) is 208 cm³/mol. The van der Waals surface area contributed by atoms with Gasteiger partial charge in [-0.2, -0.15) is 0 Å². The Morgan fingerprint density at radius 2 is 0.981 bits per heavy atom. The number of ether oxygens (including phenoxy) is 2. The molecule has 1 atom stereocenters. The molecule has 1 spiro atoms. The van der Waals surface area contributed by atoms with Crippen molar-refractivity contribution >= 4 is 21.9 Å². The van der Waals surface area contributed by atoms with E-state index >= 15 is 0 Å². The van der Waals surface area contributed by atoms with Crippen molar-refractivity contribution < 1.29 is 9.47 Å². The average Bonchev–Trinajstić information content (AvgIpc) is 3.55. The van der Waals surface area contributed by atoms with Gasteiger partial charge in [-0.05, 0) is 70.8 Å². The molecule has 0 saturated heterocycles. The van der Waals surface area contributed by atoms with Crippen LogP contribution in [0.2, 0.25) is 0 Å². The zero-order chi connectivity index (χ0) is 34.2. The molecule has 0 N–H and O–H groups in total. The lowest BCUT2D eigenvalue weighted by atomic mass is 9.62. The average molecular weight is 667 g/mol. The smallest absolute Gasteiger partial charge is 0.145 e. The highest BCUT2D eigenvalue weighted by Crippen LogP contribution is 2.61. The second kappa shape index (κ2) is 11.0. The normalized spacial score (nSPS) is 15.3. The topological polar surface area (TPSA) is 36.3 Å². The Balaban J connectivity index is 1.14. The number of rotatable bonds is 3. The van der Waals surface area contributed by atoms with Gasteiger partial charge in [-0.15, -0.1) is 0 Å². The summed E-state index contributed by atoms with van der Waals surface area (Å²) in [5.74, 6) is 3.30. The number of hydrogen-bond donors (Lipinski definition) is 0. The number of pyridine rings is 1. The summed E-state index contributed by atoms with van der Waals surface area (Å²) in [6, 6.07) is 62.1. The minimum absolute atomic E-state index is 0.684. The molecule has 2 aromatic heterocycles. The van der Waals surface area contributed by atoms with Crippen LogP contribution in [0.5, 0.6) is 23.0 Å². The van der Waals surface area contributed by atoms with Crippen LogP contribution >= 0.6 is 0 Å². The van der Waals surface area contributed by atoms with Gasteiger partial charge in [0.05, 0.1) is 16.6 Å². The molecule has 9 aromatic rings. The third-order valence-electron chi connectivity index (χ3n) is 10.8. The molecular formula is C48H30N2O2. The highest BCUT2D eigenvalue weighted by molar-refractivity contribution is 6.07. The molecule has 11 rings (SSSR count). The van der Waals surface area contributed by atoms with Crippen LogP contribution in [0.4, 0.5) is 0 Å². The lowest BCUT2D eigenvalue weighted by Crippen LogP contribution is -2.36. The van der Waals surface area contributed by atoms with Gasteiger partial charge in [0.25, 0.3) is 0 Å². The molecule has 7 aromatic carbocycles. The first-order valence-corrected chi connectivity index (χ1v) is 17.6. The Labute approximate surface area is 300 Å². The summed E-state index contributed by atoms with van der Waals surface area (Å²) in [6.45, 7) is 0.